The van der Waals surface area contributed by atoms with Crippen molar-refractivity contribution >= 4 is 0 Å². The van der Waals surface area contributed by atoms with Crippen LogP contribution in [0, 0.1) is 6.92 Å². The molecule has 1 atom stereocenters. The van der Waals surface area contributed by atoms with E-state index < -0.39 is 0 Å². The smallest absolute Gasteiger partial charge is 0.231 e. The van der Waals surface area contributed by atoms with E-state index >= 15 is 0 Å². The monoisotopic (exact) mass is 296 g/mol. The van der Waals surface area contributed by atoms with E-state index in [0.29, 0.717) is 0 Å². The minimum Gasteiger partial charge on any atom is -0.454 e. The van der Waals surface area contributed by atoms with E-state index in [1.165, 1.54) is 0 Å². The van der Waals surface area contributed by atoms with Gasteiger partial charge in [-0.2, -0.15) is 5.10 Å². The summed E-state index contributed by atoms with van der Waals surface area (Å²) in [5, 5.41) is 4.53. The molecule has 0 N–H and O–H groups in total. The molecule has 0 aliphatic carbocycles. The molecule has 6 nitrogen and oxygen atoms in total. The molecule has 1 aliphatic rings. The molecule has 0 radical (unpaired) electrons. The van der Waals surface area contributed by atoms with Crippen molar-refractivity contribution in [2.75, 3.05) is 6.79 Å². The summed E-state index contributed by atoms with van der Waals surface area (Å²) in [7, 11) is 0. The van der Waals surface area contributed by atoms with Crippen molar-refractivity contribution in [2.24, 2.45) is 0 Å². The molecule has 0 unspecified atom stereocenters. The zero-order valence-electron chi connectivity index (χ0n) is 12.4. The van der Waals surface area contributed by atoms with Gasteiger partial charge in [0.2, 0.25) is 6.79 Å². The summed E-state index contributed by atoms with van der Waals surface area (Å²) >= 11 is 0. The number of benzene rings is 1. The average Bonchev–Trinajstić information content (AvgIpc) is 3.25. The normalized spacial score (nSPS) is 14.3. The van der Waals surface area contributed by atoms with Crippen LogP contribution < -0.4 is 9.47 Å². The number of fused-ring (bicyclic) bond motifs is 1. The van der Waals surface area contributed by atoms with Gasteiger partial charge >= 0.3 is 0 Å². The third kappa shape index (κ3) is 2.04. The molecule has 1 aliphatic heterocycles. The minimum atomic E-state index is 0.0848. The zero-order chi connectivity index (χ0) is 15.1. The van der Waals surface area contributed by atoms with Gasteiger partial charge < -0.3 is 14.0 Å². The molecule has 2 aromatic heterocycles. The van der Waals surface area contributed by atoms with Crippen LogP contribution in [0.15, 0.2) is 42.7 Å². The Morgan fingerprint density at radius 1 is 1.14 bits per heavy atom. The third-order valence-corrected chi connectivity index (χ3v) is 3.79. The van der Waals surface area contributed by atoms with Gasteiger partial charge in [0.25, 0.3) is 0 Å². The lowest BCUT2D eigenvalue weighted by molar-refractivity contribution is 0.174. The van der Waals surface area contributed by atoms with Crippen LogP contribution in [-0.2, 0) is 0 Å². The van der Waals surface area contributed by atoms with Crippen molar-refractivity contribution in [3.63, 3.8) is 0 Å². The molecule has 22 heavy (non-hydrogen) atoms. The highest BCUT2D eigenvalue weighted by Gasteiger charge is 2.20. The first kappa shape index (κ1) is 12.9. The second-order valence-electron chi connectivity index (χ2n) is 5.27. The highest BCUT2D eigenvalue weighted by molar-refractivity contribution is 5.50. The van der Waals surface area contributed by atoms with E-state index in [1.54, 1.807) is 0 Å². The van der Waals surface area contributed by atoms with Crippen molar-refractivity contribution in [3.05, 3.63) is 54.4 Å². The van der Waals surface area contributed by atoms with Gasteiger partial charge in [-0.1, -0.05) is 0 Å². The summed E-state index contributed by atoms with van der Waals surface area (Å²) in [6.07, 6.45) is 4.05. The maximum atomic E-state index is 5.45. The van der Waals surface area contributed by atoms with Gasteiger partial charge in [0, 0.05) is 18.5 Å². The van der Waals surface area contributed by atoms with Gasteiger partial charge in [-0.05, 0) is 38.1 Å². The summed E-state index contributed by atoms with van der Waals surface area (Å²) in [6, 6.07) is 9.89. The van der Waals surface area contributed by atoms with Gasteiger partial charge in [0.15, 0.2) is 17.3 Å². The molecule has 0 spiro atoms. The summed E-state index contributed by atoms with van der Waals surface area (Å²) in [5.41, 5.74) is 0.916. The number of ether oxygens (including phenoxy) is 2. The molecule has 112 valence electrons. The molecular formula is C16H16N4O2. The Kier molecular flexibility index (Phi) is 2.89. The topological polar surface area (TPSA) is 54.1 Å². The van der Waals surface area contributed by atoms with Gasteiger partial charge in [0.1, 0.15) is 5.82 Å². The second-order valence-corrected chi connectivity index (χ2v) is 5.27. The summed E-state index contributed by atoms with van der Waals surface area (Å²) in [4.78, 5) is 4.60. The average molecular weight is 296 g/mol. The lowest BCUT2D eigenvalue weighted by Gasteiger charge is -2.14. The zero-order valence-corrected chi connectivity index (χ0v) is 12.4. The third-order valence-electron chi connectivity index (χ3n) is 3.79. The summed E-state index contributed by atoms with van der Waals surface area (Å²) in [5.74, 6) is 3.13. The summed E-state index contributed by atoms with van der Waals surface area (Å²) < 4.78 is 14.8. The fourth-order valence-electron chi connectivity index (χ4n) is 2.65. The Morgan fingerprint density at radius 2 is 1.91 bits per heavy atom. The van der Waals surface area contributed by atoms with E-state index in [4.69, 9.17) is 9.47 Å². The Balaban J connectivity index is 1.79. The molecule has 0 saturated heterocycles. The number of hydrogen-bond donors (Lipinski definition) is 0. The molecule has 1 aromatic carbocycles. The molecule has 0 bridgehead atoms. The van der Waals surface area contributed by atoms with Crippen LogP contribution in [0.3, 0.4) is 0 Å². The quantitative estimate of drug-likeness (QED) is 0.745. The van der Waals surface area contributed by atoms with Gasteiger partial charge in [0.05, 0.1) is 11.7 Å². The van der Waals surface area contributed by atoms with Crippen molar-refractivity contribution in [2.45, 2.75) is 19.9 Å². The van der Waals surface area contributed by atoms with Crippen molar-refractivity contribution in [3.8, 4) is 17.2 Å². The lowest BCUT2D eigenvalue weighted by atomic mass is 10.2. The Hall–Kier alpha value is -2.76. The molecule has 3 heterocycles. The molecule has 0 fully saturated rings. The fourth-order valence-corrected chi connectivity index (χ4v) is 2.65. The maximum Gasteiger partial charge on any atom is 0.231 e. The van der Waals surface area contributed by atoms with Crippen molar-refractivity contribution in [1.29, 1.82) is 0 Å². The second kappa shape index (κ2) is 4.91. The first-order valence-corrected chi connectivity index (χ1v) is 7.18. The van der Waals surface area contributed by atoms with Gasteiger partial charge in [-0.15, -0.1) is 0 Å². The van der Waals surface area contributed by atoms with E-state index in [9.17, 15) is 0 Å². The predicted octanol–water partition coefficient (Wildman–Crippen LogP) is 2.72. The molecule has 0 amide bonds. The van der Waals surface area contributed by atoms with Gasteiger partial charge in [-0.25, -0.2) is 9.67 Å². The van der Waals surface area contributed by atoms with Crippen LogP contribution in [-0.4, -0.2) is 26.1 Å². The highest BCUT2D eigenvalue weighted by atomic mass is 16.7. The maximum absolute atomic E-state index is 5.45. The Bertz CT molecular complexity index is 808. The van der Waals surface area contributed by atoms with Crippen molar-refractivity contribution in [1.82, 2.24) is 19.3 Å². The number of aromatic nitrogens is 4. The molecule has 4 rings (SSSR count). The minimum absolute atomic E-state index is 0.0848. The van der Waals surface area contributed by atoms with Crippen LogP contribution in [0.25, 0.3) is 5.69 Å². The molecule has 3 aromatic rings. The van der Waals surface area contributed by atoms with Crippen LogP contribution in [0.4, 0.5) is 0 Å². The number of aryl methyl sites for hydroxylation is 1. The van der Waals surface area contributed by atoms with Crippen LogP contribution in [0.5, 0.6) is 11.5 Å². The van der Waals surface area contributed by atoms with Crippen LogP contribution >= 0.6 is 0 Å². The van der Waals surface area contributed by atoms with E-state index in [-0.39, 0.29) is 12.8 Å². The predicted molar refractivity (Wildman–Crippen MR) is 80.5 cm³/mol. The van der Waals surface area contributed by atoms with Crippen molar-refractivity contribution < 1.29 is 9.47 Å². The van der Waals surface area contributed by atoms with Crippen LogP contribution in [0.2, 0.25) is 0 Å². The largest absolute Gasteiger partial charge is 0.454 e. The molecular weight excluding hydrogens is 280 g/mol. The fraction of sp³-hybridized carbons (Fsp3) is 0.250. The lowest BCUT2D eigenvalue weighted by Crippen LogP contribution is -2.12. The van der Waals surface area contributed by atoms with E-state index in [1.807, 2.05) is 54.3 Å². The number of rotatable bonds is 3. The summed E-state index contributed by atoms with van der Waals surface area (Å²) in [6.45, 7) is 4.27. The van der Waals surface area contributed by atoms with E-state index in [2.05, 4.69) is 21.6 Å². The molecule has 0 saturated carbocycles. The first-order valence-electron chi connectivity index (χ1n) is 7.18. The number of hydrogen-bond acceptors (Lipinski definition) is 4. The highest BCUT2D eigenvalue weighted by Crippen LogP contribution is 2.34. The number of nitrogens with zero attached hydrogens (tertiary/aromatic N) is 4. The van der Waals surface area contributed by atoms with Gasteiger partial charge in [-0.3, -0.25) is 0 Å². The SMILES string of the molecule is Cc1nc([C@H](C)n2cccc2)n(-c2ccc3c(c2)OCO3)n1. The Labute approximate surface area is 127 Å². The molecule has 6 heteroatoms. The van der Waals surface area contributed by atoms with E-state index in [0.717, 1.165) is 28.8 Å². The Morgan fingerprint density at radius 3 is 2.73 bits per heavy atom. The first-order chi connectivity index (χ1) is 10.7. The van der Waals surface area contributed by atoms with Crippen LogP contribution in [0.1, 0.15) is 24.6 Å². The standard InChI is InChI=1S/C16H16N4O2/c1-11(19-7-3-4-8-19)16-17-12(2)18-20(16)13-5-6-14-15(9-13)22-10-21-14/h3-9,11H,10H2,1-2H3/t11-/m0/s1.